The lowest BCUT2D eigenvalue weighted by Gasteiger charge is -2.31. The predicted octanol–water partition coefficient (Wildman–Crippen LogP) is 4.23. The number of morpholine rings is 1. The molecule has 0 radical (unpaired) electrons. The van der Waals surface area contributed by atoms with Crippen LogP contribution in [0.25, 0.3) is 0 Å². The lowest BCUT2D eigenvalue weighted by Crippen LogP contribution is -2.37. The molecule has 2 aromatic carbocycles. The van der Waals surface area contributed by atoms with Crippen LogP contribution in [0.2, 0.25) is 0 Å². The average Bonchev–Trinajstić information content (AvgIpc) is 2.79. The number of hydrogen-bond acceptors (Lipinski definition) is 5. The van der Waals surface area contributed by atoms with Crippen molar-refractivity contribution < 1.29 is 19.0 Å². The van der Waals surface area contributed by atoms with Crippen LogP contribution in [0.4, 0.5) is 5.69 Å². The van der Waals surface area contributed by atoms with Crippen molar-refractivity contribution in [2.75, 3.05) is 52.0 Å². The van der Waals surface area contributed by atoms with Gasteiger partial charge in [0.05, 0.1) is 26.9 Å². The average molecular weight is 427 g/mol. The Morgan fingerprint density at radius 2 is 1.87 bits per heavy atom. The Balaban J connectivity index is 1.70. The van der Waals surface area contributed by atoms with Crippen molar-refractivity contribution in [3.05, 3.63) is 53.6 Å². The number of hydrogen-bond donors (Lipinski definition) is 0. The second kappa shape index (κ2) is 11.0. The molecule has 168 valence electrons. The summed E-state index contributed by atoms with van der Waals surface area (Å²) in [5, 5.41) is 0. The molecule has 0 bridgehead atoms. The number of ether oxygens (including phenoxy) is 3. The van der Waals surface area contributed by atoms with E-state index in [-0.39, 0.29) is 5.91 Å². The van der Waals surface area contributed by atoms with E-state index < -0.39 is 0 Å². The van der Waals surface area contributed by atoms with Crippen LogP contribution >= 0.6 is 0 Å². The molecule has 1 aliphatic rings. The molecule has 6 nitrogen and oxygen atoms in total. The Bertz CT molecular complexity index is 862. The van der Waals surface area contributed by atoms with E-state index in [4.69, 9.17) is 14.2 Å². The van der Waals surface area contributed by atoms with Crippen LogP contribution in [0.5, 0.6) is 11.5 Å². The van der Waals surface area contributed by atoms with Crippen LogP contribution in [0.15, 0.2) is 42.5 Å². The molecule has 1 heterocycles. The Hall–Kier alpha value is -2.73. The molecule has 0 spiro atoms. The highest BCUT2D eigenvalue weighted by atomic mass is 16.5. The fourth-order valence-electron chi connectivity index (χ4n) is 3.63. The van der Waals surface area contributed by atoms with Gasteiger partial charge in [-0.2, -0.15) is 0 Å². The molecule has 1 aliphatic heterocycles. The number of amides is 1. The summed E-state index contributed by atoms with van der Waals surface area (Å²) in [6.07, 6.45) is 0.967. The summed E-state index contributed by atoms with van der Waals surface area (Å²) in [5.74, 6) is 1.77. The predicted molar refractivity (Wildman–Crippen MR) is 123 cm³/mol. The van der Waals surface area contributed by atoms with E-state index in [9.17, 15) is 4.79 Å². The van der Waals surface area contributed by atoms with Crippen LogP contribution < -0.4 is 14.4 Å². The fraction of sp³-hybridized carbons (Fsp3) is 0.480. The molecule has 0 unspecified atom stereocenters. The van der Waals surface area contributed by atoms with Gasteiger partial charge in [0.25, 0.3) is 5.91 Å². The van der Waals surface area contributed by atoms with E-state index in [0.29, 0.717) is 36.1 Å². The molecule has 0 aliphatic carbocycles. The first kappa shape index (κ1) is 22.9. The summed E-state index contributed by atoms with van der Waals surface area (Å²) in [4.78, 5) is 17.2. The molecule has 1 fully saturated rings. The summed E-state index contributed by atoms with van der Waals surface area (Å²) in [5.41, 5.74) is 2.87. The van der Waals surface area contributed by atoms with Gasteiger partial charge < -0.3 is 24.0 Å². The molecule has 1 saturated heterocycles. The third kappa shape index (κ3) is 6.14. The SMILES string of the molecule is COc1cc(C(=O)N(C)Cc2ccccc2N2CCOCC2)ccc1OCCC(C)C. The highest BCUT2D eigenvalue weighted by Crippen LogP contribution is 2.29. The van der Waals surface area contributed by atoms with Crippen LogP contribution in [-0.2, 0) is 11.3 Å². The van der Waals surface area contributed by atoms with Gasteiger partial charge in [0.2, 0.25) is 0 Å². The summed E-state index contributed by atoms with van der Waals surface area (Å²) >= 11 is 0. The molecule has 3 rings (SSSR count). The largest absolute Gasteiger partial charge is 0.493 e. The van der Waals surface area contributed by atoms with Gasteiger partial charge in [0.1, 0.15) is 0 Å². The minimum Gasteiger partial charge on any atom is -0.493 e. The quantitative estimate of drug-likeness (QED) is 0.601. The molecule has 31 heavy (non-hydrogen) atoms. The molecule has 0 atom stereocenters. The Morgan fingerprint density at radius 3 is 2.58 bits per heavy atom. The van der Waals surface area contributed by atoms with E-state index in [1.807, 2.05) is 25.2 Å². The van der Waals surface area contributed by atoms with E-state index in [1.54, 1.807) is 24.1 Å². The maximum absolute atomic E-state index is 13.1. The minimum absolute atomic E-state index is 0.0520. The maximum Gasteiger partial charge on any atom is 0.254 e. The van der Waals surface area contributed by atoms with Gasteiger partial charge in [0, 0.05) is 37.9 Å². The van der Waals surface area contributed by atoms with Gasteiger partial charge in [-0.3, -0.25) is 4.79 Å². The van der Waals surface area contributed by atoms with Crippen molar-refractivity contribution in [2.24, 2.45) is 5.92 Å². The van der Waals surface area contributed by atoms with E-state index >= 15 is 0 Å². The number of anilines is 1. The number of benzene rings is 2. The zero-order chi connectivity index (χ0) is 22.2. The van der Waals surface area contributed by atoms with Crippen molar-refractivity contribution in [1.82, 2.24) is 4.90 Å². The molecular formula is C25H34N2O4. The van der Waals surface area contributed by atoms with E-state index in [2.05, 4.69) is 30.9 Å². The number of para-hydroxylation sites is 1. The van der Waals surface area contributed by atoms with Gasteiger partial charge in [-0.05, 0) is 42.2 Å². The van der Waals surface area contributed by atoms with Crippen molar-refractivity contribution in [1.29, 1.82) is 0 Å². The highest BCUT2D eigenvalue weighted by molar-refractivity contribution is 5.94. The van der Waals surface area contributed by atoms with E-state index in [0.717, 1.165) is 44.0 Å². The molecular weight excluding hydrogens is 392 g/mol. The smallest absolute Gasteiger partial charge is 0.254 e. The summed E-state index contributed by atoms with van der Waals surface area (Å²) in [6, 6.07) is 13.6. The van der Waals surface area contributed by atoms with Gasteiger partial charge in [-0.15, -0.1) is 0 Å². The lowest BCUT2D eigenvalue weighted by molar-refractivity contribution is 0.0784. The second-order valence-corrected chi connectivity index (χ2v) is 8.29. The molecule has 1 amide bonds. The topological polar surface area (TPSA) is 51.2 Å². The van der Waals surface area contributed by atoms with Crippen LogP contribution in [0, 0.1) is 5.92 Å². The molecule has 2 aromatic rings. The van der Waals surface area contributed by atoms with Crippen LogP contribution in [0.1, 0.15) is 36.2 Å². The number of methoxy groups -OCH3 is 1. The molecule has 0 saturated carbocycles. The summed E-state index contributed by atoms with van der Waals surface area (Å²) in [6.45, 7) is 8.67. The van der Waals surface area contributed by atoms with Crippen molar-refractivity contribution >= 4 is 11.6 Å². The van der Waals surface area contributed by atoms with Crippen molar-refractivity contribution in [3.8, 4) is 11.5 Å². The summed E-state index contributed by atoms with van der Waals surface area (Å²) < 4.78 is 16.8. The standard InChI is InChI=1S/C25H34N2O4/c1-19(2)11-14-31-23-10-9-20(17-24(23)29-4)25(28)26(3)18-21-7-5-6-8-22(21)27-12-15-30-16-13-27/h5-10,17,19H,11-16,18H2,1-4H3. The second-order valence-electron chi connectivity index (χ2n) is 8.29. The third-order valence-corrected chi connectivity index (χ3v) is 5.46. The van der Waals surface area contributed by atoms with Gasteiger partial charge >= 0.3 is 0 Å². The monoisotopic (exact) mass is 426 g/mol. The maximum atomic E-state index is 13.1. The zero-order valence-electron chi connectivity index (χ0n) is 19.1. The summed E-state index contributed by atoms with van der Waals surface area (Å²) in [7, 11) is 3.43. The first-order valence-electron chi connectivity index (χ1n) is 11.0. The third-order valence-electron chi connectivity index (χ3n) is 5.46. The van der Waals surface area contributed by atoms with E-state index in [1.165, 1.54) is 0 Å². The Kier molecular flexibility index (Phi) is 8.18. The number of rotatable bonds is 9. The molecule has 0 aromatic heterocycles. The molecule has 0 N–H and O–H groups in total. The Labute approximate surface area is 185 Å². The first-order valence-corrected chi connectivity index (χ1v) is 11.0. The van der Waals surface area contributed by atoms with Crippen LogP contribution in [-0.4, -0.2) is 57.9 Å². The van der Waals surface area contributed by atoms with Gasteiger partial charge in [-0.1, -0.05) is 32.0 Å². The normalized spacial score (nSPS) is 13.9. The highest BCUT2D eigenvalue weighted by Gasteiger charge is 2.19. The van der Waals surface area contributed by atoms with Gasteiger partial charge in [-0.25, -0.2) is 0 Å². The fourth-order valence-corrected chi connectivity index (χ4v) is 3.63. The number of carbonyl (C=O) groups excluding carboxylic acids is 1. The lowest BCUT2D eigenvalue weighted by atomic mass is 10.1. The number of nitrogens with zero attached hydrogens (tertiary/aromatic N) is 2. The first-order chi connectivity index (χ1) is 15.0. The number of carbonyl (C=O) groups is 1. The minimum atomic E-state index is -0.0520. The Morgan fingerprint density at radius 1 is 1.13 bits per heavy atom. The molecule has 6 heteroatoms. The van der Waals surface area contributed by atoms with Crippen molar-refractivity contribution in [3.63, 3.8) is 0 Å². The van der Waals surface area contributed by atoms with Gasteiger partial charge in [0.15, 0.2) is 11.5 Å². The zero-order valence-corrected chi connectivity index (χ0v) is 19.1. The van der Waals surface area contributed by atoms with Crippen LogP contribution in [0.3, 0.4) is 0 Å². The van der Waals surface area contributed by atoms with Crippen molar-refractivity contribution in [2.45, 2.75) is 26.8 Å².